The molecule has 114 valence electrons. The van der Waals surface area contributed by atoms with Gasteiger partial charge in [0.25, 0.3) is 0 Å². The van der Waals surface area contributed by atoms with Crippen molar-refractivity contribution in [1.82, 2.24) is 0 Å². The molecule has 1 N–H and O–H groups in total. The summed E-state index contributed by atoms with van der Waals surface area (Å²) in [6, 6.07) is 13.4. The maximum atomic E-state index is 12.8. The average Bonchev–Trinajstić information content (AvgIpc) is 2.49. The van der Waals surface area contributed by atoms with Gasteiger partial charge in [-0.1, -0.05) is 29.4 Å². The number of hydrogen-bond donors (Lipinski definition) is 1. The van der Waals surface area contributed by atoms with Crippen LogP contribution in [-0.4, -0.2) is 11.6 Å². The molecule has 2 rings (SSSR count). The third-order valence-corrected chi connectivity index (χ3v) is 2.97. The molecule has 2 aromatic rings. The first kappa shape index (κ1) is 15.7. The minimum absolute atomic E-state index is 0.110. The van der Waals surface area contributed by atoms with E-state index in [-0.39, 0.29) is 18.3 Å². The smallest absolute Gasteiger partial charge is 0.221 e. The highest BCUT2D eigenvalue weighted by Gasteiger charge is 2.00. The predicted molar refractivity (Wildman–Crippen MR) is 84.1 cm³/mol. The van der Waals surface area contributed by atoms with Gasteiger partial charge < -0.3 is 10.2 Å². The number of carbonyl (C=O) groups is 1. The van der Waals surface area contributed by atoms with Gasteiger partial charge >= 0.3 is 0 Å². The average molecular weight is 300 g/mol. The Morgan fingerprint density at radius 3 is 2.32 bits per heavy atom. The van der Waals surface area contributed by atoms with Crippen molar-refractivity contribution in [1.29, 1.82) is 0 Å². The van der Waals surface area contributed by atoms with Crippen LogP contribution in [0.25, 0.3) is 0 Å². The molecular formula is C17H17FN2O2. The van der Waals surface area contributed by atoms with Crippen LogP contribution in [0.2, 0.25) is 0 Å². The van der Waals surface area contributed by atoms with Crippen molar-refractivity contribution in [2.45, 2.75) is 20.5 Å². The fourth-order valence-corrected chi connectivity index (χ4v) is 1.83. The SMILES string of the molecule is CC(=O)Nc1ccc(C(C)=NOCc2ccc(F)cc2)cc1. The summed E-state index contributed by atoms with van der Waals surface area (Å²) in [5.74, 6) is -0.386. The fourth-order valence-electron chi connectivity index (χ4n) is 1.83. The number of rotatable bonds is 5. The molecule has 0 fully saturated rings. The molecule has 0 heterocycles. The highest BCUT2D eigenvalue weighted by molar-refractivity contribution is 5.99. The number of carbonyl (C=O) groups excluding carboxylic acids is 1. The Morgan fingerprint density at radius 2 is 1.73 bits per heavy atom. The van der Waals surface area contributed by atoms with Crippen molar-refractivity contribution < 1.29 is 14.0 Å². The normalized spacial score (nSPS) is 11.1. The first-order valence-corrected chi connectivity index (χ1v) is 6.83. The van der Waals surface area contributed by atoms with Crippen LogP contribution in [0, 0.1) is 5.82 Å². The molecule has 1 amide bonds. The van der Waals surface area contributed by atoms with E-state index >= 15 is 0 Å². The van der Waals surface area contributed by atoms with Gasteiger partial charge in [-0.05, 0) is 42.3 Å². The van der Waals surface area contributed by atoms with E-state index in [9.17, 15) is 9.18 Å². The van der Waals surface area contributed by atoms with Crippen molar-refractivity contribution in [3.05, 3.63) is 65.5 Å². The quantitative estimate of drug-likeness (QED) is 0.676. The lowest BCUT2D eigenvalue weighted by atomic mass is 10.1. The van der Waals surface area contributed by atoms with Crippen molar-refractivity contribution in [3.8, 4) is 0 Å². The number of oxime groups is 1. The highest BCUT2D eigenvalue weighted by atomic mass is 19.1. The topological polar surface area (TPSA) is 50.7 Å². The molecule has 0 spiro atoms. The number of halogens is 1. The van der Waals surface area contributed by atoms with E-state index in [1.807, 2.05) is 19.1 Å². The number of nitrogens with zero attached hydrogens (tertiary/aromatic N) is 1. The van der Waals surface area contributed by atoms with Gasteiger partial charge in [0.05, 0.1) is 5.71 Å². The predicted octanol–water partition coefficient (Wildman–Crippen LogP) is 3.72. The lowest BCUT2D eigenvalue weighted by molar-refractivity contribution is -0.114. The maximum Gasteiger partial charge on any atom is 0.221 e. The minimum atomic E-state index is -0.275. The fraction of sp³-hybridized carbons (Fsp3) is 0.176. The summed E-state index contributed by atoms with van der Waals surface area (Å²) < 4.78 is 12.8. The molecule has 0 bridgehead atoms. The number of benzene rings is 2. The molecule has 0 aliphatic carbocycles. The Balaban J connectivity index is 1.93. The zero-order chi connectivity index (χ0) is 15.9. The van der Waals surface area contributed by atoms with E-state index in [1.54, 1.807) is 24.3 Å². The summed E-state index contributed by atoms with van der Waals surface area (Å²) in [5, 5.41) is 6.74. The van der Waals surface area contributed by atoms with Gasteiger partial charge in [0.2, 0.25) is 5.91 Å². The van der Waals surface area contributed by atoms with Crippen molar-refractivity contribution in [2.75, 3.05) is 5.32 Å². The van der Waals surface area contributed by atoms with E-state index in [2.05, 4.69) is 10.5 Å². The Kier molecular flexibility index (Phi) is 5.25. The van der Waals surface area contributed by atoms with Crippen LogP contribution >= 0.6 is 0 Å². The molecule has 0 atom stereocenters. The van der Waals surface area contributed by atoms with E-state index in [0.717, 1.165) is 22.5 Å². The lowest BCUT2D eigenvalue weighted by Gasteiger charge is -2.05. The van der Waals surface area contributed by atoms with Gasteiger partial charge in [-0.15, -0.1) is 0 Å². The summed E-state index contributed by atoms with van der Waals surface area (Å²) in [4.78, 5) is 16.2. The van der Waals surface area contributed by atoms with Crippen molar-refractivity contribution in [3.63, 3.8) is 0 Å². The second kappa shape index (κ2) is 7.36. The molecule has 0 aromatic heterocycles. The second-order valence-corrected chi connectivity index (χ2v) is 4.84. The molecule has 0 radical (unpaired) electrons. The standard InChI is InChI=1S/C17H17FN2O2/c1-12(15-5-9-17(10-6-15)19-13(2)21)20-22-11-14-3-7-16(18)8-4-14/h3-10H,11H2,1-2H3,(H,19,21). The van der Waals surface area contributed by atoms with Crippen LogP contribution in [0.5, 0.6) is 0 Å². The van der Waals surface area contributed by atoms with E-state index in [1.165, 1.54) is 19.1 Å². The van der Waals surface area contributed by atoms with E-state index in [0.29, 0.717) is 0 Å². The molecule has 0 saturated carbocycles. The second-order valence-electron chi connectivity index (χ2n) is 4.84. The Bertz CT molecular complexity index is 664. The van der Waals surface area contributed by atoms with Crippen LogP contribution < -0.4 is 5.32 Å². The molecule has 0 aliphatic heterocycles. The van der Waals surface area contributed by atoms with Crippen molar-refractivity contribution >= 4 is 17.3 Å². The molecule has 2 aromatic carbocycles. The maximum absolute atomic E-state index is 12.8. The van der Waals surface area contributed by atoms with E-state index in [4.69, 9.17) is 4.84 Å². The summed E-state index contributed by atoms with van der Waals surface area (Å²) >= 11 is 0. The van der Waals surface area contributed by atoms with E-state index < -0.39 is 0 Å². The molecule has 4 nitrogen and oxygen atoms in total. The molecule has 5 heteroatoms. The third kappa shape index (κ3) is 4.70. The van der Waals surface area contributed by atoms with Gasteiger partial charge in [-0.3, -0.25) is 4.79 Å². The monoisotopic (exact) mass is 300 g/mol. The number of nitrogens with one attached hydrogen (secondary N) is 1. The molecule has 0 unspecified atom stereocenters. The first-order chi connectivity index (χ1) is 10.5. The highest BCUT2D eigenvalue weighted by Crippen LogP contribution is 2.11. The molecule has 22 heavy (non-hydrogen) atoms. The zero-order valence-electron chi connectivity index (χ0n) is 12.5. The third-order valence-electron chi connectivity index (χ3n) is 2.97. The zero-order valence-corrected chi connectivity index (χ0v) is 12.5. The van der Waals surface area contributed by atoms with Gasteiger partial charge in [-0.25, -0.2) is 4.39 Å². The van der Waals surface area contributed by atoms with Gasteiger partial charge in [0.1, 0.15) is 12.4 Å². The number of anilines is 1. The molecule has 0 saturated heterocycles. The number of hydrogen-bond acceptors (Lipinski definition) is 3. The lowest BCUT2D eigenvalue weighted by Crippen LogP contribution is -2.06. The van der Waals surface area contributed by atoms with Gasteiger partial charge in [-0.2, -0.15) is 0 Å². The minimum Gasteiger partial charge on any atom is -0.391 e. The summed E-state index contributed by atoms with van der Waals surface area (Å²) in [5.41, 5.74) is 3.19. The van der Waals surface area contributed by atoms with Crippen LogP contribution in [0.3, 0.4) is 0 Å². The summed E-state index contributed by atoms with van der Waals surface area (Å²) in [6.07, 6.45) is 0. The Morgan fingerprint density at radius 1 is 1.09 bits per heavy atom. The van der Waals surface area contributed by atoms with Crippen LogP contribution in [-0.2, 0) is 16.2 Å². The molecular weight excluding hydrogens is 283 g/mol. The van der Waals surface area contributed by atoms with Gasteiger partial charge in [0, 0.05) is 12.6 Å². The molecule has 0 aliphatic rings. The number of amides is 1. The summed E-state index contributed by atoms with van der Waals surface area (Å²) in [7, 11) is 0. The van der Waals surface area contributed by atoms with Gasteiger partial charge in [0.15, 0.2) is 0 Å². The van der Waals surface area contributed by atoms with Crippen LogP contribution in [0.15, 0.2) is 53.7 Å². The van der Waals surface area contributed by atoms with Crippen LogP contribution in [0.4, 0.5) is 10.1 Å². The van der Waals surface area contributed by atoms with Crippen LogP contribution in [0.1, 0.15) is 25.0 Å². The van der Waals surface area contributed by atoms with Crippen molar-refractivity contribution in [2.24, 2.45) is 5.16 Å². The Labute approximate surface area is 128 Å². The Hall–Kier alpha value is -2.69. The first-order valence-electron chi connectivity index (χ1n) is 6.83. The largest absolute Gasteiger partial charge is 0.391 e. The summed E-state index contributed by atoms with van der Waals surface area (Å²) in [6.45, 7) is 3.57.